The summed E-state index contributed by atoms with van der Waals surface area (Å²) in [5.74, 6) is -0.881. The van der Waals surface area contributed by atoms with E-state index >= 15 is 0 Å². The van der Waals surface area contributed by atoms with Crippen molar-refractivity contribution in [2.45, 2.75) is 213 Å². The minimum absolute atomic E-state index is 0.344. The summed E-state index contributed by atoms with van der Waals surface area (Å²) in [6.45, 7) is 6.87. The molecule has 5 nitrogen and oxygen atoms in total. The first kappa shape index (κ1) is 42.0. The Kier molecular flexibility index (Phi) is 36.0. The lowest BCUT2D eigenvalue weighted by Gasteiger charge is -2.05. The van der Waals surface area contributed by atoms with Gasteiger partial charge in [0.15, 0.2) is 6.10 Å². The van der Waals surface area contributed by atoms with E-state index < -0.39 is 18.0 Å². The average Bonchev–Trinajstić information content (AvgIpc) is 2.93. The van der Waals surface area contributed by atoms with Crippen LogP contribution in [-0.2, 0) is 9.59 Å². The number of hydrogen-bond donors (Lipinski definition) is 3. The van der Waals surface area contributed by atoms with Crippen LogP contribution in [0.5, 0.6) is 0 Å². The first-order valence-corrected chi connectivity index (χ1v) is 17.9. The van der Waals surface area contributed by atoms with Gasteiger partial charge in [0.25, 0.3) is 0 Å². The summed E-state index contributed by atoms with van der Waals surface area (Å²) in [5, 5.41) is 26.2. The summed E-state index contributed by atoms with van der Waals surface area (Å²) in [6, 6.07) is 0. The second-order valence-electron chi connectivity index (χ2n) is 12.8. The van der Waals surface area contributed by atoms with Crippen LogP contribution in [0.2, 0.25) is 0 Å². The van der Waals surface area contributed by atoms with Gasteiger partial charge in [-0.1, -0.05) is 188 Å². The Morgan fingerprint density at radius 3 is 1.05 bits per heavy atom. The lowest BCUT2D eigenvalue weighted by atomic mass is 10.0. The third-order valence-electron chi connectivity index (χ3n) is 8.04. The Labute approximate surface area is 255 Å². The summed E-state index contributed by atoms with van der Waals surface area (Å²) >= 11 is 0. The predicted molar refractivity (Wildman–Crippen MR) is 176 cm³/mol. The molecule has 0 aliphatic carbocycles. The molecule has 0 aromatic rings. The fraction of sp³-hybridized carbons (Fsp3) is 0.944. The number of aliphatic hydroxyl groups is 1. The van der Waals surface area contributed by atoms with E-state index in [9.17, 15) is 9.59 Å². The third kappa shape index (κ3) is 41.1. The van der Waals surface area contributed by atoms with Crippen molar-refractivity contribution in [1.29, 1.82) is 0 Å². The Bertz CT molecular complexity index is 534. The molecule has 5 heteroatoms. The Hall–Kier alpha value is -1.10. The molecule has 1 atom stereocenters. The smallest absolute Gasteiger partial charge is 0.332 e. The van der Waals surface area contributed by atoms with Gasteiger partial charge in [0.1, 0.15) is 0 Å². The van der Waals surface area contributed by atoms with E-state index in [0.29, 0.717) is 12.8 Å². The van der Waals surface area contributed by atoms with E-state index in [0.717, 1.165) is 31.6 Å². The molecule has 0 amide bonds. The average molecular weight is 585 g/mol. The van der Waals surface area contributed by atoms with E-state index in [2.05, 4.69) is 20.8 Å². The highest BCUT2D eigenvalue weighted by molar-refractivity contribution is 5.71. The summed E-state index contributed by atoms with van der Waals surface area (Å²) in [4.78, 5) is 20.7. The van der Waals surface area contributed by atoms with E-state index in [-0.39, 0.29) is 0 Å². The van der Waals surface area contributed by atoms with Crippen LogP contribution in [0.1, 0.15) is 207 Å². The normalized spacial score (nSPS) is 11.8. The van der Waals surface area contributed by atoms with E-state index in [1.54, 1.807) is 0 Å². The number of aliphatic hydroxyl groups excluding tert-OH is 1. The molecule has 0 spiro atoms. The van der Waals surface area contributed by atoms with Crippen LogP contribution >= 0.6 is 0 Å². The van der Waals surface area contributed by atoms with Gasteiger partial charge in [-0.15, -0.1) is 0 Å². The van der Waals surface area contributed by atoms with Crippen molar-refractivity contribution in [2.24, 2.45) is 5.92 Å². The standard InChI is InChI=1S/C18H36O3.C18H36O2/c1-2-3-4-5-6-7-8-9-10-11-12-13-14-15-16-17(19)18(20)21;1-17(2)15-13-11-9-7-5-3-4-6-8-10-12-14-16-18(19)20/h17,19H,2-16H2,1H3,(H,20,21);17H,3-16H2,1-2H3,(H,19,20). The van der Waals surface area contributed by atoms with Gasteiger partial charge in [-0.25, -0.2) is 4.79 Å². The molecular weight excluding hydrogens is 512 g/mol. The fourth-order valence-electron chi connectivity index (χ4n) is 5.25. The van der Waals surface area contributed by atoms with E-state index in [4.69, 9.17) is 15.3 Å². The first-order valence-electron chi connectivity index (χ1n) is 17.9. The summed E-state index contributed by atoms with van der Waals surface area (Å²) < 4.78 is 0. The number of aliphatic carboxylic acids is 2. The molecule has 1 unspecified atom stereocenters. The van der Waals surface area contributed by atoms with Gasteiger partial charge in [-0.2, -0.15) is 0 Å². The molecule has 0 radical (unpaired) electrons. The van der Waals surface area contributed by atoms with Gasteiger partial charge in [-0.05, 0) is 18.8 Å². The maximum absolute atomic E-state index is 10.4. The van der Waals surface area contributed by atoms with Crippen molar-refractivity contribution in [1.82, 2.24) is 0 Å². The maximum Gasteiger partial charge on any atom is 0.332 e. The molecule has 0 saturated heterocycles. The van der Waals surface area contributed by atoms with Crippen LogP contribution in [0.25, 0.3) is 0 Å². The molecule has 3 N–H and O–H groups in total. The molecule has 0 aliphatic heterocycles. The zero-order valence-corrected chi connectivity index (χ0v) is 27.8. The van der Waals surface area contributed by atoms with Gasteiger partial charge in [0, 0.05) is 6.42 Å². The molecule has 0 aromatic carbocycles. The number of unbranched alkanes of at least 4 members (excludes halogenated alkanes) is 24. The Morgan fingerprint density at radius 2 is 0.756 bits per heavy atom. The summed E-state index contributed by atoms with van der Waals surface area (Å²) in [6.07, 6.45) is 34.6. The molecule has 0 bridgehead atoms. The van der Waals surface area contributed by atoms with Crippen molar-refractivity contribution < 1.29 is 24.9 Å². The van der Waals surface area contributed by atoms with Crippen LogP contribution in [0.15, 0.2) is 0 Å². The van der Waals surface area contributed by atoms with Gasteiger partial charge in [-0.3, -0.25) is 4.79 Å². The first-order chi connectivity index (χ1) is 19.8. The monoisotopic (exact) mass is 585 g/mol. The molecule has 0 rings (SSSR count). The minimum atomic E-state index is -1.16. The number of carbonyl (C=O) groups is 2. The van der Waals surface area contributed by atoms with Crippen molar-refractivity contribution in [3.63, 3.8) is 0 Å². The van der Waals surface area contributed by atoms with Gasteiger partial charge in [0.05, 0.1) is 0 Å². The summed E-state index contributed by atoms with van der Waals surface area (Å²) in [7, 11) is 0. The van der Waals surface area contributed by atoms with Crippen LogP contribution in [0, 0.1) is 5.92 Å². The zero-order chi connectivity index (χ0) is 30.8. The number of carboxylic acids is 2. The van der Waals surface area contributed by atoms with Crippen molar-refractivity contribution in [3.8, 4) is 0 Å². The maximum atomic E-state index is 10.4. The lowest BCUT2D eigenvalue weighted by molar-refractivity contribution is -0.147. The quantitative estimate of drug-likeness (QED) is 0.0704. The predicted octanol–water partition coefficient (Wildman–Crippen LogP) is 11.5. The SMILES string of the molecule is CC(C)CCCCCCCCCCCCCCC(=O)O.CCCCCCCCCCCCCCCCC(O)C(=O)O. The highest BCUT2D eigenvalue weighted by atomic mass is 16.4. The number of rotatable bonds is 31. The minimum Gasteiger partial charge on any atom is -0.481 e. The Balaban J connectivity index is 0. The van der Waals surface area contributed by atoms with E-state index in [1.165, 1.54) is 148 Å². The van der Waals surface area contributed by atoms with Gasteiger partial charge >= 0.3 is 11.9 Å². The highest BCUT2D eigenvalue weighted by Crippen LogP contribution is 2.15. The van der Waals surface area contributed by atoms with Crippen LogP contribution in [0.4, 0.5) is 0 Å². The second-order valence-corrected chi connectivity index (χ2v) is 12.8. The van der Waals surface area contributed by atoms with Crippen LogP contribution < -0.4 is 0 Å². The molecule has 246 valence electrons. The largest absolute Gasteiger partial charge is 0.481 e. The summed E-state index contributed by atoms with van der Waals surface area (Å²) in [5.41, 5.74) is 0. The van der Waals surface area contributed by atoms with Crippen molar-refractivity contribution in [3.05, 3.63) is 0 Å². The number of hydrogen-bond acceptors (Lipinski definition) is 3. The highest BCUT2D eigenvalue weighted by Gasteiger charge is 2.11. The molecular formula is C36H72O5. The molecule has 0 aromatic heterocycles. The molecule has 0 heterocycles. The topological polar surface area (TPSA) is 94.8 Å². The third-order valence-corrected chi connectivity index (χ3v) is 8.04. The van der Waals surface area contributed by atoms with Crippen LogP contribution in [0.3, 0.4) is 0 Å². The van der Waals surface area contributed by atoms with Gasteiger partial charge < -0.3 is 15.3 Å². The lowest BCUT2D eigenvalue weighted by Crippen LogP contribution is -2.18. The number of carboxylic acid groups (broad SMARTS) is 2. The fourth-order valence-corrected chi connectivity index (χ4v) is 5.25. The molecule has 0 saturated carbocycles. The Morgan fingerprint density at radius 1 is 0.463 bits per heavy atom. The molecule has 0 aliphatic rings. The van der Waals surface area contributed by atoms with Gasteiger partial charge in [0.2, 0.25) is 0 Å². The van der Waals surface area contributed by atoms with Crippen molar-refractivity contribution in [2.75, 3.05) is 0 Å². The van der Waals surface area contributed by atoms with E-state index in [1.807, 2.05) is 0 Å². The van der Waals surface area contributed by atoms with Crippen LogP contribution in [-0.4, -0.2) is 33.4 Å². The zero-order valence-electron chi connectivity index (χ0n) is 27.8. The molecule has 0 fully saturated rings. The second kappa shape index (κ2) is 35.1. The van der Waals surface area contributed by atoms with Crippen molar-refractivity contribution >= 4 is 11.9 Å². The molecule has 41 heavy (non-hydrogen) atoms.